The van der Waals surface area contributed by atoms with Gasteiger partial charge in [-0.25, -0.2) is 8.78 Å². The SMILES string of the molecule is NN.O=S(=O)(O)Oc1c(F)cccc1F. The lowest BCUT2D eigenvalue weighted by Crippen LogP contribution is -2.09. The quantitative estimate of drug-likeness (QED) is 0.381. The van der Waals surface area contributed by atoms with Crippen LogP contribution >= 0.6 is 0 Å². The second-order valence-corrected chi connectivity index (χ2v) is 3.08. The lowest BCUT2D eigenvalue weighted by Gasteiger charge is -2.02. The van der Waals surface area contributed by atoms with Crippen LogP contribution in [-0.4, -0.2) is 13.0 Å². The minimum absolute atomic E-state index is 0.795. The molecule has 1 rings (SSSR count). The van der Waals surface area contributed by atoms with Crippen LogP contribution < -0.4 is 15.9 Å². The summed E-state index contributed by atoms with van der Waals surface area (Å²) in [6.07, 6.45) is 0. The van der Waals surface area contributed by atoms with Gasteiger partial charge in [0, 0.05) is 0 Å². The summed E-state index contributed by atoms with van der Waals surface area (Å²) in [6.45, 7) is 0. The first-order chi connectivity index (χ1) is 6.90. The molecule has 0 spiro atoms. The molecule has 0 aliphatic carbocycles. The highest BCUT2D eigenvalue weighted by Gasteiger charge is 2.16. The number of nitrogens with two attached hydrogens (primary N) is 2. The minimum Gasteiger partial charge on any atom is -0.355 e. The summed E-state index contributed by atoms with van der Waals surface area (Å²) in [6, 6.07) is 2.62. The fourth-order valence-electron chi connectivity index (χ4n) is 0.667. The van der Waals surface area contributed by atoms with Gasteiger partial charge in [-0.2, -0.15) is 8.42 Å². The Morgan fingerprint density at radius 3 is 1.93 bits per heavy atom. The van der Waals surface area contributed by atoms with Crippen molar-refractivity contribution >= 4 is 10.4 Å². The average Bonchev–Trinajstić information content (AvgIpc) is 2.14. The molecule has 0 aromatic heterocycles. The van der Waals surface area contributed by atoms with E-state index >= 15 is 0 Å². The molecule has 0 saturated heterocycles. The highest BCUT2D eigenvalue weighted by Crippen LogP contribution is 2.21. The molecule has 0 fully saturated rings. The Bertz CT molecular complexity index is 403. The van der Waals surface area contributed by atoms with Gasteiger partial charge in [0.1, 0.15) is 0 Å². The lowest BCUT2D eigenvalue weighted by atomic mass is 10.3. The van der Waals surface area contributed by atoms with Gasteiger partial charge in [-0.05, 0) is 12.1 Å². The largest absolute Gasteiger partial charge is 0.446 e. The maximum Gasteiger partial charge on any atom is 0.446 e. The summed E-state index contributed by atoms with van der Waals surface area (Å²) in [5.74, 6) is 4.43. The van der Waals surface area contributed by atoms with Gasteiger partial charge in [0.05, 0.1) is 0 Å². The van der Waals surface area contributed by atoms with E-state index in [1.807, 2.05) is 0 Å². The fraction of sp³-hybridized carbons (Fsp3) is 0. The smallest absolute Gasteiger partial charge is 0.355 e. The maximum atomic E-state index is 12.6. The molecule has 0 atom stereocenters. The normalized spacial score (nSPS) is 10.2. The van der Waals surface area contributed by atoms with Gasteiger partial charge < -0.3 is 4.18 Å². The molecule has 1 aromatic rings. The molecule has 0 aliphatic rings. The first-order valence-electron chi connectivity index (χ1n) is 3.34. The van der Waals surface area contributed by atoms with Crippen LogP contribution in [0.1, 0.15) is 0 Å². The first kappa shape index (κ1) is 13.7. The third-order valence-electron chi connectivity index (χ3n) is 1.11. The zero-order valence-corrected chi connectivity index (χ0v) is 8.04. The highest BCUT2D eigenvalue weighted by atomic mass is 32.3. The van der Waals surface area contributed by atoms with E-state index in [9.17, 15) is 17.2 Å². The van der Waals surface area contributed by atoms with E-state index in [0.717, 1.165) is 18.2 Å². The highest BCUT2D eigenvalue weighted by molar-refractivity contribution is 7.81. The Morgan fingerprint density at radius 2 is 1.60 bits per heavy atom. The van der Waals surface area contributed by atoms with E-state index < -0.39 is 27.8 Å². The fourth-order valence-corrected chi connectivity index (χ4v) is 1.04. The standard InChI is InChI=1S/C6H4F2O4S.H4N2/c7-4-2-1-3-5(8)6(4)12-13(9,10)11;1-2/h1-3H,(H,9,10,11);1-2H2. The molecule has 0 aliphatic heterocycles. The second kappa shape index (κ2) is 5.56. The molecule has 0 saturated carbocycles. The van der Waals surface area contributed by atoms with Crippen molar-refractivity contribution in [2.24, 2.45) is 11.7 Å². The van der Waals surface area contributed by atoms with Crippen LogP contribution in [0.25, 0.3) is 0 Å². The molecular formula is C6H8F2N2O4S. The number of hydrogen-bond acceptors (Lipinski definition) is 5. The molecule has 0 heterocycles. The summed E-state index contributed by atoms with van der Waals surface area (Å²) >= 11 is 0. The van der Waals surface area contributed by atoms with Crippen molar-refractivity contribution in [3.05, 3.63) is 29.8 Å². The molecule has 6 nitrogen and oxygen atoms in total. The summed E-state index contributed by atoms with van der Waals surface area (Å²) in [5.41, 5.74) is 0. The van der Waals surface area contributed by atoms with Crippen molar-refractivity contribution in [1.29, 1.82) is 0 Å². The molecule has 15 heavy (non-hydrogen) atoms. The predicted molar refractivity (Wildman–Crippen MR) is 46.9 cm³/mol. The molecule has 9 heteroatoms. The van der Waals surface area contributed by atoms with Crippen LogP contribution in [0.4, 0.5) is 8.78 Å². The van der Waals surface area contributed by atoms with Gasteiger partial charge in [0.15, 0.2) is 11.6 Å². The second-order valence-electron chi connectivity index (χ2n) is 2.06. The summed E-state index contributed by atoms with van der Waals surface area (Å²) in [5, 5.41) is 0. The van der Waals surface area contributed by atoms with E-state index in [2.05, 4.69) is 15.9 Å². The first-order valence-corrected chi connectivity index (χ1v) is 4.71. The minimum atomic E-state index is -4.90. The van der Waals surface area contributed by atoms with E-state index in [1.54, 1.807) is 0 Å². The molecule has 5 N–H and O–H groups in total. The molecule has 0 unspecified atom stereocenters. The number of halogens is 2. The average molecular weight is 242 g/mol. The number of hydrazine groups is 1. The summed E-state index contributed by atoms with van der Waals surface area (Å²) < 4.78 is 57.3. The Balaban J connectivity index is 0.000000921. The third-order valence-corrected chi connectivity index (χ3v) is 1.48. The van der Waals surface area contributed by atoms with Crippen LogP contribution in [0.2, 0.25) is 0 Å². The van der Waals surface area contributed by atoms with Gasteiger partial charge in [-0.1, -0.05) is 6.07 Å². The van der Waals surface area contributed by atoms with Crippen molar-refractivity contribution in [3.8, 4) is 5.75 Å². The monoisotopic (exact) mass is 242 g/mol. The summed E-state index contributed by atoms with van der Waals surface area (Å²) in [7, 11) is -4.90. The molecular weight excluding hydrogens is 234 g/mol. The molecule has 1 aromatic carbocycles. The predicted octanol–water partition coefficient (Wildman–Crippen LogP) is -0.0348. The van der Waals surface area contributed by atoms with Crippen molar-refractivity contribution < 1.29 is 25.9 Å². The zero-order valence-electron chi connectivity index (χ0n) is 7.22. The lowest BCUT2D eigenvalue weighted by molar-refractivity contribution is 0.364. The molecule has 0 radical (unpaired) electrons. The topological polar surface area (TPSA) is 116 Å². The van der Waals surface area contributed by atoms with E-state index in [-0.39, 0.29) is 0 Å². The third kappa shape index (κ3) is 4.65. The maximum absolute atomic E-state index is 12.6. The van der Waals surface area contributed by atoms with Crippen LogP contribution in [0.5, 0.6) is 5.75 Å². The van der Waals surface area contributed by atoms with Gasteiger partial charge >= 0.3 is 10.4 Å². The summed E-state index contributed by atoms with van der Waals surface area (Å²) in [4.78, 5) is 0. The van der Waals surface area contributed by atoms with Crippen molar-refractivity contribution in [3.63, 3.8) is 0 Å². The van der Waals surface area contributed by atoms with E-state index in [1.165, 1.54) is 0 Å². The Kier molecular flexibility index (Phi) is 5.08. The van der Waals surface area contributed by atoms with Crippen LogP contribution in [0.3, 0.4) is 0 Å². The Hall–Kier alpha value is -1.29. The zero-order chi connectivity index (χ0) is 12.1. The Morgan fingerprint density at radius 1 is 1.20 bits per heavy atom. The van der Waals surface area contributed by atoms with E-state index in [4.69, 9.17) is 4.55 Å². The molecule has 86 valence electrons. The van der Waals surface area contributed by atoms with Crippen LogP contribution in [-0.2, 0) is 10.4 Å². The van der Waals surface area contributed by atoms with Crippen molar-refractivity contribution in [1.82, 2.24) is 0 Å². The van der Waals surface area contributed by atoms with Crippen molar-refractivity contribution in [2.75, 3.05) is 0 Å². The van der Waals surface area contributed by atoms with Gasteiger partial charge in [-0.15, -0.1) is 0 Å². The van der Waals surface area contributed by atoms with Crippen LogP contribution in [0.15, 0.2) is 18.2 Å². The number of hydrogen-bond donors (Lipinski definition) is 3. The Labute approximate surface area is 84.4 Å². The molecule has 0 amide bonds. The number of rotatable bonds is 2. The number of benzene rings is 1. The van der Waals surface area contributed by atoms with Gasteiger partial charge in [-0.3, -0.25) is 16.2 Å². The van der Waals surface area contributed by atoms with Gasteiger partial charge in [0.2, 0.25) is 5.75 Å². The van der Waals surface area contributed by atoms with Gasteiger partial charge in [0.25, 0.3) is 0 Å². The van der Waals surface area contributed by atoms with Crippen LogP contribution in [0, 0.1) is 11.6 Å². The number of para-hydroxylation sites is 1. The van der Waals surface area contributed by atoms with E-state index in [0.29, 0.717) is 0 Å². The van der Waals surface area contributed by atoms with Crippen molar-refractivity contribution in [2.45, 2.75) is 0 Å². The molecule has 0 bridgehead atoms.